The number of aromatic amines is 1. The van der Waals surface area contributed by atoms with E-state index in [0.29, 0.717) is 5.02 Å². The molecule has 0 fully saturated rings. The number of rotatable bonds is 4. The molecule has 0 aliphatic rings. The van der Waals surface area contributed by atoms with Gasteiger partial charge < -0.3 is 10.1 Å². The van der Waals surface area contributed by atoms with Crippen molar-refractivity contribution in [2.24, 2.45) is 0 Å². The van der Waals surface area contributed by atoms with Crippen LogP contribution in [0.2, 0.25) is 5.02 Å². The number of nitrogens with zero attached hydrogens (tertiary/aromatic N) is 1. The molecule has 2 aromatic rings. The number of methoxy groups -OCH3 is 1. The van der Waals surface area contributed by atoms with Crippen molar-refractivity contribution in [3.8, 4) is 0 Å². The van der Waals surface area contributed by atoms with Gasteiger partial charge in [0.1, 0.15) is 0 Å². The number of carbonyl (C=O) groups excluding carboxylic acids is 1. The van der Waals surface area contributed by atoms with Crippen molar-refractivity contribution >= 4 is 23.3 Å². The van der Waals surface area contributed by atoms with Gasteiger partial charge in [-0.15, -0.1) is 0 Å². The zero-order valence-corrected chi connectivity index (χ0v) is 12.3. The predicted octanol–water partition coefficient (Wildman–Crippen LogP) is 3.01. The molecule has 0 aliphatic carbocycles. The number of ether oxygens (including phenoxy) is 1. The lowest BCUT2D eigenvalue weighted by Gasteiger charge is -2.18. The monoisotopic (exact) mass is 293 g/mol. The minimum atomic E-state index is -0.628. The molecule has 2 N–H and O–H groups in total. The molecule has 1 heterocycles. The normalized spacial score (nSPS) is 12.0. The number of carbonyl (C=O) groups is 1. The Bertz CT molecular complexity index is 605. The highest BCUT2D eigenvalue weighted by Gasteiger charge is 2.26. The molecule has 5 nitrogen and oxygen atoms in total. The molecule has 0 amide bonds. The van der Waals surface area contributed by atoms with Crippen molar-refractivity contribution in [1.29, 1.82) is 0 Å². The van der Waals surface area contributed by atoms with Crippen LogP contribution in [0.4, 0.5) is 5.69 Å². The van der Waals surface area contributed by atoms with Crippen molar-refractivity contribution in [3.05, 3.63) is 46.2 Å². The smallest absolute Gasteiger partial charge is 0.333 e. The number of halogens is 1. The average molecular weight is 294 g/mol. The number of esters is 1. The van der Waals surface area contributed by atoms with Crippen LogP contribution < -0.4 is 5.32 Å². The van der Waals surface area contributed by atoms with Crippen LogP contribution >= 0.6 is 11.6 Å². The molecule has 0 bridgehead atoms. The average Bonchev–Trinajstić information content (AvgIpc) is 2.75. The quantitative estimate of drug-likeness (QED) is 0.851. The summed E-state index contributed by atoms with van der Waals surface area (Å²) in [4.78, 5) is 12.0. The zero-order chi connectivity index (χ0) is 14.7. The standard InChI is InChI=1S/C14H16ClN3O2/c1-8-12(9(2)18-17-8)13(14(19)20-3)16-11-6-4-5-10(15)7-11/h4-7,13,16H,1-3H3,(H,17,18). The first kappa shape index (κ1) is 14.4. The number of H-pyrrole nitrogens is 1. The van der Waals surface area contributed by atoms with Gasteiger partial charge in [-0.25, -0.2) is 4.79 Å². The van der Waals surface area contributed by atoms with Gasteiger partial charge in [0.25, 0.3) is 0 Å². The van der Waals surface area contributed by atoms with Gasteiger partial charge in [0, 0.05) is 22.0 Å². The second-order valence-corrected chi connectivity index (χ2v) is 4.89. The predicted molar refractivity (Wildman–Crippen MR) is 77.9 cm³/mol. The minimum absolute atomic E-state index is 0.377. The van der Waals surface area contributed by atoms with Gasteiger partial charge >= 0.3 is 5.97 Å². The summed E-state index contributed by atoms with van der Waals surface area (Å²) in [5, 5.41) is 10.7. The molecule has 2 rings (SSSR count). The molecule has 106 valence electrons. The number of benzene rings is 1. The molecule has 0 aliphatic heterocycles. The maximum atomic E-state index is 12.0. The Hall–Kier alpha value is -2.01. The Labute approximate surface area is 122 Å². The SMILES string of the molecule is COC(=O)C(Nc1cccc(Cl)c1)c1c(C)n[nH]c1C. The molecule has 1 unspecified atom stereocenters. The van der Waals surface area contributed by atoms with E-state index in [2.05, 4.69) is 15.5 Å². The lowest BCUT2D eigenvalue weighted by atomic mass is 10.0. The van der Waals surface area contributed by atoms with Gasteiger partial charge in [-0.1, -0.05) is 17.7 Å². The number of anilines is 1. The van der Waals surface area contributed by atoms with E-state index in [1.807, 2.05) is 26.0 Å². The second kappa shape index (κ2) is 5.96. The van der Waals surface area contributed by atoms with E-state index in [9.17, 15) is 4.79 Å². The summed E-state index contributed by atoms with van der Waals surface area (Å²) in [6.07, 6.45) is 0. The van der Waals surface area contributed by atoms with E-state index in [4.69, 9.17) is 16.3 Å². The largest absolute Gasteiger partial charge is 0.467 e. The van der Waals surface area contributed by atoms with E-state index in [1.54, 1.807) is 12.1 Å². The fourth-order valence-corrected chi connectivity index (χ4v) is 2.29. The van der Waals surface area contributed by atoms with Crippen LogP contribution in [0, 0.1) is 13.8 Å². The Morgan fingerprint density at radius 3 is 2.75 bits per heavy atom. The fourth-order valence-electron chi connectivity index (χ4n) is 2.10. The van der Waals surface area contributed by atoms with E-state index >= 15 is 0 Å². The highest BCUT2D eigenvalue weighted by Crippen LogP contribution is 2.26. The lowest BCUT2D eigenvalue weighted by molar-refractivity contribution is -0.141. The number of hydrogen-bond acceptors (Lipinski definition) is 4. The molecule has 1 atom stereocenters. The maximum Gasteiger partial charge on any atom is 0.333 e. The maximum absolute atomic E-state index is 12.0. The van der Waals surface area contributed by atoms with E-state index in [0.717, 1.165) is 22.6 Å². The molecule has 6 heteroatoms. The molecule has 0 radical (unpaired) electrons. The van der Waals surface area contributed by atoms with Gasteiger partial charge in [-0.05, 0) is 32.0 Å². The fraction of sp³-hybridized carbons (Fsp3) is 0.286. The first-order valence-corrected chi connectivity index (χ1v) is 6.52. The summed E-state index contributed by atoms with van der Waals surface area (Å²) < 4.78 is 4.87. The van der Waals surface area contributed by atoms with Gasteiger partial charge in [0.05, 0.1) is 12.8 Å². The Morgan fingerprint density at radius 2 is 2.20 bits per heavy atom. The third kappa shape index (κ3) is 2.93. The highest BCUT2D eigenvalue weighted by molar-refractivity contribution is 6.30. The molecule has 1 aromatic heterocycles. The molecule has 20 heavy (non-hydrogen) atoms. The number of hydrogen-bond donors (Lipinski definition) is 2. The molecular formula is C14H16ClN3O2. The van der Waals surface area contributed by atoms with E-state index in [-0.39, 0.29) is 5.97 Å². The van der Waals surface area contributed by atoms with Crippen molar-refractivity contribution in [3.63, 3.8) is 0 Å². The van der Waals surface area contributed by atoms with Crippen LogP contribution in [0.5, 0.6) is 0 Å². The minimum Gasteiger partial charge on any atom is -0.467 e. The van der Waals surface area contributed by atoms with Crippen LogP contribution in [0.1, 0.15) is 23.0 Å². The van der Waals surface area contributed by atoms with Crippen molar-refractivity contribution in [2.45, 2.75) is 19.9 Å². The summed E-state index contributed by atoms with van der Waals surface area (Å²) in [6, 6.07) is 6.55. The van der Waals surface area contributed by atoms with E-state index < -0.39 is 6.04 Å². The summed E-state index contributed by atoms with van der Waals surface area (Å²) in [5.74, 6) is -0.377. The number of nitrogens with one attached hydrogen (secondary N) is 2. The van der Waals surface area contributed by atoms with Crippen molar-refractivity contribution in [2.75, 3.05) is 12.4 Å². The highest BCUT2D eigenvalue weighted by atomic mass is 35.5. The Morgan fingerprint density at radius 1 is 1.45 bits per heavy atom. The first-order valence-electron chi connectivity index (χ1n) is 6.14. The van der Waals surface area contributed by atoms with Gasteiger partial charge in [-0.3, -0.25) is 5.10 Å². The van der Waals surface area contributed by atoms with Gasteiger partial charge in [0.2, 0.25) is 0 Å². The van der Waals surface area contributed by atoms with Crippen LogP contribution in [-0.2, 0) is 9.53 Å². The van der Waals surface area contributed by atoms with Crippen molar-refractivity contribution in [1.82, 2.24) is 10.2 Å². The summed E-state index contributed by atoms with van der Waals surface area (Å²) >= 11 is 5.95. The second-order valence-electron chi connectivity index (χ2n) is 4.46. The number of aryl methyl sites for hydroxylation is 2. The van der Waals surface area contributed by atoms with Crippen LogP contribution in [-0.4, -0.2) is 23.3 Å². The summed E-state index contributed by atoms with van der Waals surface area (Å²) in [6.45, 7) is 3.71. The summed E-state index contributed by atoms with van der Waals surface area (Å²) in [5.41, 5.74) is 3.12. The molecule has 0 saturated carbocycles. The van der Waals surface area contributed by atoms with Crippen LogP contribution in [0.15, 0.2) is 24.3 Å². The topological polar surface area (TPSA) is 67.0 Å². The van der Waals surface area contributed by atoms with E-state index in [1.165, 1.54) is 7.11 Å². The van der Waals surface area contributed by atoms with Crippen LogP contribution in [0.25, 0.3) is 0 Å². The molecule has 0 spiro atoms. The zero-order valence-electron chi connectivity index (χ0n) is 11.5. The van der Waals surface area contributed by atoms with Crippen LogP contribution in [0.3, 0.4) is 0 Å². The van der Waals surface area contributed by atoms with Gasteiger partial charge in [-0.2, -0.15) is 5.10 Å². The van der Waals surface area contributed by atoms with Crippen molar-refractivity contribution < 1.29 is 9.53 Å². The van der Waals surface area contributed by atoms with Gasteiger partial charge in [0.15, 0.2) is 6.04 Å². The molecule has 1 aromatic carbocycles. The number of aromatic nitrogens is 2. The first-order chi connectivity index (χ1) is 9.52. The Kier molecular flexibility index (Phi) is 4.29. The lowest BCUT2D eigenvalue weighted by Crippen LogP contribution is -2.23. The molecular weight excluding hydrogens is 278 g/mol. The third-order valence-electron chi connectivity index (χ3n) is 3.05. The third-order valence-corrected chi connectivity index (χ3v) is 3.28. The summed E-state index contributed by atoms with van der Waals surface area (Å²) in [7, 11) is 1.36. The Balaban J connectivity index is 2.37. The molecule has 0 saturated heterocycles.